The van der Waals surface area contributed by atoms with Gasteiger partial charge in [-0.2, -0.15) is 4.58 Å². The first-order valence-corrected chi connectivity index (χ1v) is 5.11. The SMILES string of the molecule is NC1=[N+](c2ncccn2)C(=S)C2=NC=NC2=N1. The Hall–Kier alpha value is -2.35. The van der Waals surface area contributed by atoms with Crippen molar-refractivity contribution in [2.75, 3.05) is 0 Å². The highest BCUT2D eigenvalue weighted by molar-refractivity contribution is 7.82. The van der Waals surface area contributed by atoms with Gasteiger partial charge in [-0.05, 0) is 18.3 Å². The van der Waals surface area contributed by atoms with Crippen LogP contribution in [0.5, 0.6) is 0 Å². The van der Waals surface area contributed by atoms with Gasteiger partial charge >= 0.3 is 11.9 Å². The standard InChI is InChI=1S/C9H5N7S/c10-8-15-6-5(13-4-14-6)7(17)16(8)9-11-2-1-3-12-9/h1-4,10H/p+1. The van der Waals surface area contributed by atoms with Crippen LogP contribution in [-0.4, -0.2) is 43.4 Å². The van der Waals surface area contributed by atoms with E-state index in [0.29, 0.717) is 22.5 Å². The van der Waals surface area contributed by atoms with Gasteiger partial charge in [-0.15, -0.1) is 15.0 Å². The molecule has 0 fully saturated rings. The number of fused-ring (bicyclic) bond motifs is 1. The molecule has 0 unspecified atom stereocenters. The molecule has 0 saturated heterocycles. The van der Waals surface area contributed by atoms with Crippen molar-refractivity contribution in [3.8, 4) is 0 Å². The van der Waals surface area contributed by atoms with Gasteiger partial charge in [0, 0.05) is 0 Å². The van der Waals surface area contributed by atoms with Crippen molar-refractivity contribution < 1.29 is 4.58 Å². The van der Waals surface area contributed by atoms with Gasteiger partial charge in [0.05, 0.1) is 12.4 Å². The summed E-state index contributed by atoms with van der Waals surface area (Å²) >= 11 is 5.28. The molecule has 7 nitrogen and oxygen atoms in total. The van der Waals surface area contributed by atoms with E-state index >= 15 is 0 Å². The summed E-state index contributed by atoms with van der Waals surface area (Å²) < 4.78 is 1.46. The third-order valence-electron chi connectivity index (χ3n) is 2.19. The third-order valence-corrected chi connectivity index (χ3v) is 2.56. The first-order valence-electron chi connectivity index (χ1n) is 4.70. The smallest absolute Gasteiger partial charge is 0.319 e. The summed E-state index contributed by atoms with van der Waals surface area (Å²) in [7, 11) is 0. The van der Waals surface area contributed by atoms with Crippen LogP contribution in [0.15, 0.2) is 33.4 Å². The zero-order valence-electron chi connectivity index (χ0n) is 8.48. The molecule has 0 aliphatic carbocycles. The number of nitrogens with zero attached hydrogens (tertiary/aromatic N) is 6. The Labute approximate surface area is 101 Å². The van der Waals surface area contributed by atoms with Crippen LogP contribution in [0.1, 0.15) is 0 Å². The first kappa shape index (κ1) is 9.85. The molecule has 2 aliphatic heterocycles. The molecule has 0 atom stereocenters. The molecule has 0 aromatic carbocycles. The molecule has 82 valence electrons. The first-order chi connectivity index (χ1) is 8.27. The number of aromatic nitrogens is 2. The molecule has 1 aromatic rings. The molecule has 3 rings (SSSR count). The summed E-state index contributed by atoms with van der Waals surface area (Å²) in [5, 5.41) is 0. The average molecular weight is 244 g/mol. The highest BCUT2D eigenvalue weighted by atomic mass is 32.1. The fourth-order valence-corrected chi connectivity index (χ4v) is 1.78. The Balaban J connectivity index is 2.18. The van der Waals surface area contributed by atoms with Crippen molar-refractivity contribution in [2.45, 2.75) is 0 Å². The molecule has 17 heavy (non-hydrogen) atoms. The number of amidine groups is 1. The Morgan fingerprint density at radius 3 is 2.76 bits per heavy atom. The van der Waals surface area contributed by atoms with E-state index in [1.54, 1.807) is 18.5 Å². The lowest BCUT2D eigenvalue weighted by atomic mass is 10.3. The molecule has 0 radical (unpaired) electrons. The molecule has 2 aliphatic rings. The molecule has 1 aromatic heterocycles. The van der Waals surface area contributed by atoms with Gasteiger partial charge in [0.2, 0.25) is 5.84 Å². The van der Waals surface area contributed by atoms with E-state index in [-0.39, 0.29) is 5.96 Å². The number of thiocarbonyl (C=S) groups is 1. The summed E-state index contributed by atoms with van der Waals surface area (Å²) in [4.78, 5) is 20.6. The summed E-state index contributed by atoms with van der Waals surface area (Å²) in [5.41, 5.74) is 6.33. The minimum absolute atomic E-state index is 0.189. The summed E-state index contributed by atoms with van der Waals surface area (Å²) in [6.07, 6.45) is 4.60. The molecule has 0 amide bonds. The predicted molar refractivity (Wildman–Crippen MR) is 67.1 cm³/mol. The summed E-state index contributed by atoms with van der Waals surface area (Å²) in [6, 6.07) is 1.71. The quantitative estimate of drug-likeness (QED) is 0.540. The van der Waals surface area contributed by atoms with Gasteiger partial charge in [-0.25, -0.2) is 9.98 Å². The zero-order chi connectivity index (χ0) is 11.8. The average Bonchev–Trinajstić information content (AvgIpc) is 2.78. The molecule has 0 bridgehead atoms. The minimum Gasteiger partial charge on any atom is -0.319 e. The Morgan fingerprint density at radius 1 is 1.24 bits per heavy atom. The fourth-order valence-electron chi connectivity index (χ4n) is 1.46. The topological polar surface area (TPSA) is 91.9 Å². The second kappa shape index (κ2) is 3.59. The van der Waals surface area contributed by atoms with Crippen LogP contribution in [-0.2, 0) is 0 Å². The molecule has 0 spiro atoms. The lowest BCUT2D eigenvalue weighted by molar-refractivity contribution is -0.311. The second-order valence-electron chi connectivity index (χ2n) is 3.21. The van der Waals surface area contributed by atoms with Gasteiger partial charge in [0.1, 0.15) is 6.34 Å². The van der Waals surface area contributed by atoms with Crippen LogP contribution < -0.4 is 5.73 Å². The number of aliphatic imine (C=N–C) groups is 3. The van der Waals surface area contributed by atoms with Crippen molar-refractivity contribution >= 4 is 47.0 Å². The summed E-state index contributed by atoms with van der Waals surface area (Å²) in [6.45, 7) is 0. The highest BCUT2D eigenvalue weighted by Gasteiger charge is 2.32. The predicted octanol–water partition coefficient (Wildman–Crippen LogP) is -0.342. The molecule has 8 heteroatoms. The number of hydrogen-bond acceptors (Lipinski definition) is 7. The highest BCUT2D eigenvalue weighted by Crippen LogP contribution is 2.11. The van der Waals surface area contributed by atoms with E-state index in [9.17, 15) is 0 Å². The number of nitrogens with two attached hydrogens (primary N) is 1. The van der Waals surface area contributed by atoms with Crippen LogP contribution in [0.4, 0.5) is 5.95 Å². The van der Waals surface area contributed by atoms with Crippen molar-refractivity contribution in [1.29, 1.82) is 0 Å². The van der Waals surface area contributed by atoms with E-state index in [0.717, 1.165) is 0 Å². The van der Waals surface area contributed by atoms with Crippen LogP contribution >= 0.6 is 12.2 Å². The Morgan fingerprint density at radius 2 is 2.00 bits per heavy atom. The maximum atomic E-state index is 5.82. The van der Waals surface area contributed by atoms with Crippen molar-refractivity contribution in [1.82, 2.24) is 9.97 Å². The Kier molecular flexibility index (Phi) is 2.08. The van der Waals surface area contributed by atoms with Gasteiger partial charge in [-0.3, -0.25) is 0 Å². The lowest BCUT2D eigenvalue weighted by Crippen LogP contribution is -2.40. The third kappa shape index (κ3) is 1.46. The zero-order valence-corrected chi connectivity index (χ0v) is 9.29. The van der Waals surface area contributed by atoms with Gasteiger partial charge in [-0.1, -0.05) is 0 Å². The maximum Gasteiger partial charge on any atom is 0.361 e. The second-order valence-corrected chi connectivity index (χ2v) is 3.59. The van der Waals surface area contributed by atoms with Crippen LogP contribution in [0.25, 0.3) is 0 Å². The van der Waals surface area contributed by atoms with E-state index in [1.165, 1.54) is 10.9 Å². The number of rotatable bonds is 1. The molecule has 2 N–H and O–H groups in total. The number of hydrogen-bond donors (Lipinski definition) is 1. The van der Waals surface area contributed by atoms with Gasteiger partial charge in [0.15, 0.2) is 10.7 Å². The van der Waals surface area contributed by atoms with E-state index < -0.39 is 0 Å². The lowest BCUT2D eigenvalue weighted by Gasteiger charge is -2.11. The number of guanidine groups is 1. The van der Waals surface area contributed by atoms with Crippen LogP contribution in [0.2, 0.25) is 0 Å². The van der Waals surface area contributed by atoms with Crippen LogP contribution in [0, 0.1) is 0 Å². The summed E-state index contributed by atoms with van der Waals surface area (Å²) in [5.74, 6) is 0.987. The monoisotopic (exact) mass is 244 g/mol. The van der Waals surface area contributed by atoms with Gasteiger partial charge in [0.25, 0.3) is 0 Å². The normalized spacial score (nSPS) is 18.0. The Bertz CT molecular complexity index is 626. The van der Waals surface area contributed by atoms with E-state index in [4.69, 9.17) is 18.0 Å². The van der Waals surface area contributed by atoms with E-state index in [2.05, 4.69) is 24.9 Å². The minimum atomic E-state index is 0.189. The van der Waals surface area contributed by atoms with Crippen molar-refractivity contribution in [3.05, 3.63) is 18.5 Å². The molecular formula is C9H6N7S+. The molecular weight excluding hydrogens is 238 g/mol. The molecule has 0 saturated carbocycles. The molecule has 3 heterocycles. The van der Waals surface area contributed by atoms with Crippen molar-refractivity contribution in [3.63, 3.8) is 0 Å². The van der Waals surface area contributed by atoms with E-state index in [1.807, 2.05) is 0 Å². The maximum absolute atomic E-state index is 5.82. The largest absolute Gasteiger partial charge is 0.361 e. The fraction of sp³-hybridized carbons (Fsp3) is 0. The van der Waals surface area contributed by atoms with Gasteiger partial charge < -0.3 is 5.73 Å². The van der Waals surface area contributed by atoms with Crippen molar-refractivity contribution in [2.24, 2.45) is 20.7 Å². The van der Waals surface area contributed by atoms with Crippen LogP contribution in [0.3, 0.4) is 0 Å².